The highest BCUT2D eigenvalue weighted by Gasteiger charge is 2.33. The van der Waals surface area contributed by atoms with Crippen LogP contribution in [0, 0.1) is 0 Å². The van der Waals surface area contributed by atoms with Crippen LogP contribution in [0.4, 0.5) is 31.1 Å². The van der Waals surface area contributed by atoms with Crippen LogP contribution in [0.3, 0.4) is 0 Å². The van der Waals surface area contributed by atoms with Gasteiger partial charge in [0.1, 0.15) is 28.5 Å². The maximum Gasteiger partial charge on any atom is 0.573 e. The molecule has 2 unspecified atom stereocenters. The summed E-state index contributed by atoms with van der Waals surface area (Å²) < 4.78 is 91.3. The van der Waals surface area contributed by atoms with Gasteiger partial charge in [-0.2, -0.15) is 0 Å². The molecule has 5 N–H and O–H groups in total. The molecule has 4 aromatic rings. The van der Waals surface area contributed by atoms with Gasteiger partial charge in [-0.3, -0.25) is 9.59 Å². The Hall–Kier alpha value is -4.92. The molecule has 12 nitrogen and oxygen atoms in total. The number of rotatable bonds is 9. The topological polar surface area (TPSA) is 151 Å². The molecular formula is C38H43F6IN6O6. The van der Waals surface area contributed by atoms with Crippen LogP contribution in [0.1, 0.15) is 66.7 Å². The average molecular weight is 921 g/mol. The quantitative estimate of drug-likeness (QED) is 0.0756. The number of hydrogen-bond donors (Lipinski definition) is 4. The van der Waals surface area contributed by atoms with Crippen molar-refractivity contribution in [3.63, 3.8) is 0 Å². The van der Waals surface area contributed by atoms with E-state index in [9.17, 15) is 40.7 Å². The molecule has 2 aromatic heterocycles. The van der Waals surface area contributed by atoms with Gasteiger partial charge >= 0.3 is 18.8 Å². The van der Waals surface area contributed by atoms with E-state index < -0.39 is 24.4 Å². The fraction of sp³-hybridized carbons (Fsp3) is 0.395. The number of nitrogens with one attached hydrogen (secondary N) is 3. The van der Waals surface area contributed by atoms with Gasteiger partial charge in [-0.05, 0) is 92.6 Å². The first-order valence-corrected chi connectivity index (χ1v) is 19.7. The fourth-order valence-corrected chi connectivity index (χ4v) is 6.12. The number of nitrogens with two attached hydrogens (primary N) is 1. The van der Waals surface area contributed by atoms with E-state index in [1.165, 1.54) is 36.4 Å². The standard InChI is InChI=1S/C21H24F3N3O4.C16H16F3N3O2.CH3I/c1-20(2,3)31-19(29)25-8-7-15-11-26-18(28)17-10-14(12-27(15)17)13-5-4-6-16(9-13)30-21(22,23)24;17-16(18,19)24-13-3-1-2-10(6-13)11-7-14-15(23)21-8-12(4-5-20)22(14)9-11;1-2/h4-6,9-10,12,15H,7-8,11H2,1-3H3,(H,25,29)(H,26,28);1-3,6-7,9,12H,4-5,8,20H2,(H,21,23);1H3. The summed E-state index contributed by atoms with van der Waals surface area (Å²) in [6.07, 6.45) is -5.35. The summed E-state index contributed by atoms with van der Waals surface area (Å²) in [6.45, 7) is 6.96. The van der Waals surface area contributed by atoms with Gasteiger partial charge in [0.05, 0.1) is 12.1 Å². The highest BCUT2D eigenvalue weighted by Crippen LogP contribution is 2.33. The first kappa shape index (κ1) is 44.8. The summed E-state index contributed by atoms with van der Waals surface area (Å²) in [7, 11) is 0. The molecule has 6 rings (SSSR count). The SMILES string of the molecule is CC(C)(C)OC(=O)NCCC1CNC(=O)c2cc(-c3cccc(OC(F)(F)F)c3)cn21.CI.NCCC1CNC(=O)c2cc(-c3cccc(OC(F)(F)F)c3)cn21. The number of aromatic nitrogens is 2. The van der Waals surface area contributed by atoms with Crippen molar-refractivity contribution in [2.45, 2.75) is 64.0 Å². The maximum absolute atomic E-state index is 12.5. The lowest BCUT2D eigenvalue weighted by molar-refractivity contribution is -0.275. The molecule has 2 atom stereocenters. The molecule has 0 spiro atoms. The van der Waals surface area contributed by atoms with Gasteiger partial charge in [0.15, 0.2) is 0 Å². The van der Waals surface area contributed by atoms with E-state index in [-0.39, 0.29) is 35.4 Å². The number of fused-ring (bicyclic) bond motifs is 2. The van der Waals surface area contributed by atoms with E-state index in [4.69, 9.17) is 10.5 Å². The zero-order valence-corrected chi connectivity index (χ0v) is 33.6. The zero-order chi connectivity index (χ0) is 42.1. The Morgan fingerprint density at radius 3 is 1.60 bits per heavy atom. The molecule has 0 bridgehead atoms. The molecule has 57 heavy (non-hydrogen) atoms. The molecule has 0 saturated carbocycles. The second-order valence-corrected chi connectivity index (χ2v) is 13.7. The predicted octanol–water partition coefficient (Wildman–Crippen LogP) is 7.99. The Morgan fingerprint density at radius 2 is 1.19 bits per heavy atom. The third-order valence-electron chi connectivity index (χ3n) is 8.39. The maximum atomic E-state index is 12.5. The number of benzene rings is 2. The minimum atomic E-state index is -4.79. The van der Waals surface area contributed by atoms with Crippen LogP contribution >= 0.6 is 22.6 Å². The van der Waals surface area contributed by atoms with Crippen LogP contribution < -0.4 is 31.2 Å². The van der Waals surface area contributed by atoms with Crippen molar-refractivity contribution in [2.24, 2.45) is 5.73 Å². The molecule has 2 aliphatic heterocycles. The van der Waals surface area contributed by atoms with Crippen LogP contribution in [-0.2, 0) is 4.74 Å². The largest absolute Gasteiger partial charge is 0.573 e. The molecule has 0 aliphatic carbocycles. The van der Waals surface area contributed by atoms with Crippen molar-refractivity contribution in [1.82, 2.24) is 25.1 Å². The highest BCUT2D eigenvalue weighted by molar-refractivity contribution is 14.1. The lowest BCUT2D eigenvalue weighted by Crippen LogP contribution is -2.40. The van der Waals surface area contributed by atoms with Crippen molar-refractivity contribution in [1.29, 1.82) is 0 Å². The Morgan fingerprint density at radius 1 is 0.754 bits per heavy atom. The first-order valence-electron chi connectivity index (χ1n) is 17.6. The van der Waals surface area contributed by atoms with Gasteiger partial charge in [0.25, 0.3) is 11.8 Å². The number of ether oxygens (including phenoxy) is 3. The number of halogens is 7. The van der Waals surface area contributed by atoms with E-state index in [1.54, 1.807) is 62.0 Å². The van der Waals surface area contributed by atoms with E-state index in [0.717, 1.165) is 0 Å². The lowest BCUT2D eigenvalue weighted by atomic mass is 10.1. The summed E-state index contributed by atoms with van der Waals surface area (Å²) in [5, 5.41) is 8.27. The van der Waals surface area contributed by atoms with E-state index in [2.05, 4.69) is 48.0 Å². The molecule has 0 saturated heterocycles. The summed E-state index contributed by atoms with van der Waals surface area (Å²) in [5.41, 5.74) is 8.13. The smallest absolute Gasteiger partial charge is 0.444 e. The van der Waals surface area contributed by atoms with Crippen LogP contribution in [-0.4, -0.2) is 76.5 Å². The van der Waals surface area contributed by atoms with Crippen molar-refractivity contribution in [2.75, 3.05) is 31.1 Å². The first-order chi connectivity index (χ1) is 26.8. The van der Waals surface area contributed by atoms with Gasteiger partial charge in [0.2, 0.25) is 0 Å². The number of hydrogen-bond acceptors (Lipinski definition) is 7. The third kappa shape index (κ3) is 13.1. The summed E-state index contributed by atoms with van der Waals surface area (Å²) in [4.78, 5) is 38.1. The molecule has 3 amide bonds. The van der Waals surface area contributed by atoms with Crippen molar-refractivity contribution < 1.29 is 54.9 Å². The lowest BCUT2D eigenvalue weighted by Gasteiger charge is -2.27. The highest BCUT2D eigenvalue weighted by atomic mass is 127. The summed E-state index contributed by atoms with van der Waals surface area (Å²) in [6, 6.07) is 14.4. The molecule has 0 radical (unpaired) electrons. The molecule has 19 heteroatoms. The van der Waals surface area contributed by atoms with Crippen LogP contribution in [0.5, 0.6) is 11.5 Å². The van der Waals surface area contributed by atoms with Crippen molar-refractivity contribution >= 4 is 40.5 Å². The minimum Gasteiger partial charge on any atom is -0.444 e. The van der Waals surface area contributed by atoms with E-state index in [0.29, 0.717) is 72.7 Å². The second-order valence-electron chi connectivity index (χ2n) is 13.7. The normalized spacial score (nSPS) is 16.3. The summed E-state index contributed by atoms with van der Waals surface area (Å²) >= 11 is 2.15. The number of alkyl carbamates (subject to hydrolysis) is 1. The van der Waals surface area contributed by atoms with Gasteiger partial charge in [0, 0.05) is 43.2 Å². The second kappa shape index (κ2) is 19.0. The number of nitrogens with zero attached hydrogens (tertiary/aromatic N) is 2. The number of carbonyl (C=O) groups excluding carboxylic acids is 3. The Balaban J connectivity index is 0.000000249. The number of alkyl halides is 7. The fourth-order valence-electron chi connectivity index (χ4n) is 6.12. The van der Waals surface area contributed by atoms with Gasteiger partial charge in [-0.15, -0.1) is 26.3 Å². The molecule has 2 aliphatic rings. The molecule has 0 fully saturated rings. The number of carbonyl (C=O) groups is 3. The monoisotopic (exact) mass is 920 g/mol. The Bertz CT molecular complexity index is 2010. The average Bonchev–Trinajstić information content (AvgIpc) is 3.78. The Labute approximate surface area is 338 Å². The van der Waals surface area contributed by atoms with Crippen LogP contribution in [0.15, 0.2) is 73.1 Å². The zero-order valence-electron chi connectivity index (χ0n) is 31.4. The predicted molar refractivity (Wildman–Crippen MR) is 208 cm³/mol. The van der Waals surface area contributed by atoms with Gasteiger partial charge in [-0.25, -0.2) is 4.79 Å². The van der Waals surface area contributed by atoms with Gasteiger partial charge < -0.3 is 45.0 Å². The molecular weight excluding hydrogens is 877 g/mol. The van der Waals surface area contributed by atoms with Crippen LogP contribution in [0.25, 0.3) is 22.3 Å². The third-order valence-corrected chi connectivity index (χ3v) is 8.39. The van der Waals surface area contributed by atoms with E-state index in [1.807, 2.05) is 9.50 Å². The molecule has 310 valence electrons. The number of amides is 3. The van der Waals surface area contributed by atoms with Crippen molar-refractivity contribution in [3.05, 3.63) is 84.4 Å². The minimum absolute atomic E-state index is 0.0334. The molecule has 4 heterocycles. The summed E-state index contributed by atoms with van der Waals surface area (Å²) in [5.74, 6) is -1.12. The van der Waals surface area contributed by atoms with E-state index >= 15 is 0 Å². The molecule has 2 aromatic carbocycles. The van der Waals surface area contributed by atoms with Crippen molar-refractivity contribution in [3.8, 4) is 33.8 Å². The Kier molecular flexibility index (Phi) is 14.9. The van der Waals surface area contributed by atoms with Crippen LogP contribution in [0.2, 0.25) is 0 Å². The van der Waals surface area contributed by atoms with Gasteiger partial charge in [-0.1, -0.05) is 46.9 Å².